The van der Waals surface area contributed by atoms with Gasteiger partial charge in [0, 0.05) is 13.2 Å². The molecule has 0 atom stereocenters. The fourth-order valence-corrected chi connectivity index (χ4v) is 2.37. The minimum atomic E-state index is 0.882. The van der Waals surface area contributed by atoms with E-state index in [1.54, 1.807) is 0 Å². The fraction of sp³-hybridized carbons (Fsp3) is 1.00. The van der Waals surface area contributed by atoms with E-state index < -0.39 is 0 Å². The number of hydrogen-bond acceptors (Lipinski definition) is 2. The fourth-order valence-electron chi connectivity index (χ4n) is 2.37. The molecule has 0 saturated heterocycles. The van der Waals surface area contributed by atoms with Gasteiger partial charge in [-0.3, -0.25) is 0 Å². The summed E-state index contributed by atoms with van der Waals surface area (Å²) in [5, 5.41) is 3.53. The number of ether oxygens (including phenoxy) is 1. The molecule has 96 valence electrons. The zero-order valence-electron chi connectivity index (χ0n) is 11.0. The van der Waals surface area contributed by atoms with Crippen LogP contribution in [0.25, 0.3) is 0 Å². The van der Waals surface area contributed by atoms with Crippen molar-refractivity contribution >= 4 is 0 Å². The molecule has 0 aromatic carbocycles. The van der Waals surface area contributed by atoms with Crippen molar-refractivity contribution < 1.29 is 4.74 Å². The first-order valence-corrected chi connectivity index (χ1v) is 7.22. The predicted octanol–water partition coefficient (Wildman–Crippen LogP) is 3.36. The van der Waals surface area contributed by atoms with Gasteiger partial charge in [-0.05, 0) is 31.7 Å². The van der Waals surface area contributed by atoms with Crippen molar-refractivity contribution in [2.75, 3.05) is 26.3 Å². The summed E-state index contributed by atoms with van der Waals surface area (Å²) < 4.78 is 5.53. The molecule has 0 unspecified atom stereocenters. The monoisotopic (exact) mass is 227 g/mol. The smallest absolute Gasteiger partial charge is 0.0590 e. The van der Waals surface area contributed by atoms with Crippen LogP contribution in [0.3, 0.4) is 0 Å². The Morgan fingerprint density at radius 2 is 1.81 bits per heavy atom. The minimum Gasteiger partial charge on any atom is -0.380 e. The van der Waals surface area contributed by atoms with Crippen LogP contribution in [0.5, 0.6) is 0 Å². The van der Waals surface area contributed by atoms with Crippen LogP contribution in [0.4, 0.5) is 0 Å². The third-order valence-corrected chi connectivity index (χ3v) is 3.47. The zero-order chi connectivity index (χ0) is 11.5. The van der Waals surface area contributed by atoms with Crippen LogP contribution >= 0.6 is 0 Å². The zero-order valence-corrected chi connectivity index (χ0v) is 11.0. The SMILES string of the molecule is CCCCOCCNCC1CCCCCC1. The molecule has 0 aliphatic heterocycles. The second-order valence-corrected chi connectivity index (χ2v) is 5.03. The Labute approximate surface area is 101 Å². The van der Waals surface area contributed by atoms with E-state index in [-0.39, 0.29) is 0 Å². The normalized spacial score (nSPS) is 18.6. The summed E-state index contributed by atoms with van der Waals surface area (Å²) in [5.41, 5.74) is 0. The molecule has 0 heterocycles. The molecule has 0 bridgehead atoms. The van der Waals surface area contributed by atoms with Gasteiger partial charge in [-0.1, -0.05) is 39.0 Å². The maximum Gasteiger partial charge on any atom is 0.0590 e. The van der Waals surface area contributed by atoms with Crippen LogP contribution in [0, 0.1) is 5.92 Å². The molecule has 1 aliphatic rings. The lowest BCUT2D eigenvalue weighted by molar-refractivity contribution is 0.132. The molecule has 1 fully saturated rings. The van der Waals surface area contributed by atoms with E-state index in [0.29, 0.717) is 0 Å². The average molecular weight is 227 g/mol. The predicted molar refractivity (Wildman–Crippen MR) is 69.8 cm³/mol. The topological polar surface area (TPSA) is 21.3 Å². The van der Waals surface area contributed by atoms with Crippen LogP contribution in [0.15, 0.2) is 0 Å². The van der Waals surface area contributed by atoms with Gasteiger partial charge in [-0.2, -0.15) is 0 Å². The lowest BCUT2D eigenvalue weighted by Gasteiger charge is -2.14. The van der Waals surface area contributed by atoms with Crippen molar-refractivity contribution in [3.8, 4) is 0 Å². The first-order valence-electron chi connectivity index (χ1n) is 7.22. The highest BCUT2D eigenvalue weighted by Gasteiger charge is 2.10. The molecule has 1 rings (SSSR count). The summed E-state index contributed by atoms with van der Waals surface area (Å²) in [6, 6.07) is 0. The van der Waals surface area contributed by atoms with Crippen molar-refractivity contribution in [3.63, 3.8) is 0 Å². The molecular weight excluding hydrogens is 198 g/mol. The van der Waals surface area contributed by atoms with Crippen LogP contribution < -0.4 is 5.32 Å². The van der Waals surface area contributed by atoms with Gasteiger partial charge < -0.3 is 10.1 Å². The van der Waals surface area contributed by atoms with Crippen molar-refractivity contribution in [1.82, 2.24) is 5.32 Å². The Morgan fingerprint density at radius 1 is 1.06 bits per heavy atom. The lowest BCUT2D eigenvalue weighted by atomic mass is 10.0. The van der Waals surface area contributed by atoms with Crippen LogP contribution in [-0.2, 0) is 4.74 Å². The molecule has 0 aromatic rings. The number of hydrogen-bond donors (Lipinski definition) is 1. The highest BCUT2D eigenvalue weighted by Crippen LogP contribution is 2.21. The summed E-state index contributed by atoms with van der Waals surface area (Å²) in [6.45, 7) is 6.25. The Kier molecular flexibility index (Phi) is 8.83. The number of unbranched alkanes of at least 4 members (excludes halogenated alkanes) is 1. The maximum atomic E-state index is 5.53. The van der Waals surface area contributed by atoms with E-state index in [1.807, 2.05) is 0 Å². The van der Waals surface area contributed by atoms with Crippen molar-refractivity contribution in [1.29, 1.82) is 0 Å². The first kappa shape index (κ1) is 14.0. The molecular formula is C14H29NO. The first-order chi connectivity index (χ1) is 7.93. The van der Waals surface area contributed by atoms with Gasteiger partial charge in [0.15, 0.2) is 0 Å². The van der Waals surface area contributed by atoms with Gasteiger partial charge in [-0.15, -0.1) is 0 Å². The molecule has 2 heteroatoms. The molecule has 1 N–H and O–H groups in total. The Hall–Kier alpha value is -0.0800. The van der Waals surface area contributed by atoms with Gasteiger partial charge in [0.2, 0.25) is 0 Å². The van der Waals surface area contributed by atoms with E-state index in [0.717, 1.165) is 25.7 Å². The number of rotatable bonds is 8. The van der Waals surface area contributed by atoms with Gasteiger partial charge in [0.25, 0.3) is 0 Å². The molecule has 0 aromatic heterocycles. The summed E-state index contributed by atoms with van der Waals surface area (Å²) in [7, 11) is 0. The summed E-state index contributed by atoms with van der Waals surface area (Å²) >= 11 is 0. The third-order valence-electron chi connectivity index (χ3n) is 3.47. The van der Waals surface area contributed by atoms with Gasteiger partial charge in [0.1, 0.15) is 0 Å². The van der Waals surface area contributed by atoms with E-state index in [1.165, 1.54) is 57.9 Å². The lowest BCUT2D eigenvalue weighted by Crippen LogP contribution is -2.26. The van der Waals surface area contributed by atoms with E-state index in [2.05, 4.69) is 12.2 Å². The quantitative estimate of drug-likeness (QED) is 0.507. The summed E-state index contributed by atoms with van der Waals surface area (Å²) in [6.07, 6.45) is 11.1. The molecule has 16 heavy (non-hydrogen) atoms. The van der Waals surface area contributed by atoms with Crippen LogP contribution in [-0.4, -0.2) is 26.3 Å². The van der Waals surface area contributed by atoms with Crippen molar-refractivity contribution in [2.24, 2.45) is 5.92 Å². The highest BCUT2D eigenvalue weighted by molar-refractivity contribution is 4.66. The number of nitrogens with one attached hydrogen (secondary N) is 1. The Bertz CT molecular complexity index is 142. The van der Waals surface area contributed by atoms with E-state index >= 15 is 0 Å². The van der Waals surface area contributed by atoms with E-state index in [9.17, 15) is 0 Å². The molecule has 1 aliphatic carbocycles. The Balaban J connectivity index is 1.86. The van der Waals surface area contributed by atoms with Crippen LogP contribution in [0.1, 0.15) is 58.3 Å². The largest absolute Gasteiger partial charge is 0.380 e. The average Bonchev–Trinajstić information content (AvgIpc) is 2.56. The highest BCUT2D eigenvalue weighted by atomic mass is 16.5. The molecule has 1 saturated carbocycles. The second kappa shape index (κ2) is 10.1. The standard InChI is InChI=1S/C14H29NO/c1-2-3-11-16-12-10-15-13-14-8-6-4-5-7-9-14/h14-15H,2-13H2,1H3. The minimum absolute atomic E-state index is 0.882. The molecule has 0 amide bonds. The second-order valence-electron chi connectivity index (χ2n) is 5.03. The third kappa shape index (κ3) is 7.24. The van der Waals surface area contributed by atoms with E-state index in [4.69, 9.17) is 4.74 Å². The Morgan fingerprint density at radius 3 is 2.50 bits per heavy atom. The van der Waals surface area contributed by atoms with Crippen molar-refractivity contribution in [2.45, 2.75) is 58.3 Å². The maximum absolute atomic E-state index is 5.53. The summed E-state index contributed by atoms with van der Waals surface area (Å²) in [4.78, 5) is 0. The molecule has 0 spiro atoms. The van der Waals surface area contributed by atoms with Gasteiger partial charge >= 0.3 is 0 Å². The van der Waals surface area contributed by atoms with Gasteiger partial charge in [0.05, 0.1) is 6.61 Å². The van der Waals surface area contributed by atoms with Crippen LogP contribution in [0.2, 0.25) is 0 Å². The molecule has 2 nitrogen and oxygen atoms in total. The molecule has 0 radical (unpaired) electrons. The van der Waals surface area contributed by atoms with Gasteiger partial charge in [-0.25, -0.2) is 0 Å². The van der Waals surface area contributed by atoms with Crippen molar-refractivity contribution in [3.05, 3.63) is 0 Å². The summed E-state index contributed by atoms with van der Waals surface area (Å²) in [5.74, 6) is 0.929.